The Hall–Kier alpha value is -2.25. The van der Waals surface area contributed by atoms with Crippen LogP contribution in [0.2, 0.25) is 5.02 Å². The fourth-order valence-electron chi connectivity index (χ4n) is 2.49. The molecular weight excluding hydrogens is 376 g/mol. The van der Waals surface area contributed by atoms with Crippen molar-refractivity contribution in [2.75, 3.05) is 22.5 Å². The summed E-state index contributed by atoms with van der Waals surface area (Å²) < 4.78 is 31.1. The molecule has 2 aromatic rings. The minimum atomic E-state index is -3.69. The van der Waals surface area contributed by atoms with Gasteiger partial charge in [0.2, 0.25) is 15.9 Å². The summed E-state index contributed by atoms with van der Waals surface area (Å²) >= 11 is 5.87. The lowest BCUT2D eigenvalue weighted by Gasteiger charge is -2.28. The summed E-state index contributed by atoms with van der Waals surface area (Å²) in [5, 5.41) is 3.21. The molecular formula is C18H21ClN2O4S. The van der Waals surface area contributed by atoms with E-state index in [2.05, 4.69) is 5.32 Å². The highest BCUT2D eigenvalue weighted by molar-refractivity contribution is 7.92. The van der Waals surface area contributed by atoms with Crippen LogP contribution in [-0.2, 0) is 14.8 Å². The fourth-order valence-corrected chi connectivity index (χ4v) is 3.79. The topological polar surface area (TPSA) is 75.7 Å². The van der Waals surface area contributed by atoms with Crippen molar-refractivity contribution in [3.8, 4) is 5.75 Å². The second-order valence-corrected chi connectivity index (χ2v) is 7.93. The van der Waals surface area contributed by atoms with Crippen molar-refractivity contribution in [3.05, 3.63) is 53.6 Å². The number of halogens is 1. The fraction of sp³-hybridized carbons (Fsp3) is 0.278. The predicted octanol–water partition coefficient (Wildman–Crippen LogP) is 3.53. The van der Waals surface area contributed by atoms with Gasteiger partial charge in [-0.2, -0.15) is 0 Å². The van der Waals surface area contributed by atoms with Gasteiger partial charge in [0.05, 0.1) is 24.2 Å². The van der Waals surface area contributed by atoms with Gasteiger partial charge in [0.15, 0.2) is 0 Å². The Labute approximate surface area is 158 Å². The Bertz CT molecular complexity index is 869. The quantitative estimate of drug-likeness (QED) is 0.776. The summed E-state index contributed by atoms with van der Waals surface area (Å²) in [5.74, 6) is 0.0467. The molecule has 0 fully saturated rings. The van der Waals surface area contributed by atoms with Gasteiger partial charge < -0.3 is 10.1 Å². The lowest BCUT2D eigenvalue weighted by Crippen LogP contribution is -2.45. The summed E-state index contributed by atoms with van der Waals surface area (Å²) in [7, 11) is -3.69. The number of carbonyl (C=O) groups is 1. The van der Waals surface area contributed by atoms with Crippen LogP contribution in [-0.4, -0.2) is 33.2 Å². The monoisotopic (exact) mass is 396 g/mol. The van der Waals surface area contributed by atoms with Crippen LogP contribution >= 0.6 is 11.6 Å². The smallest absolute Gasteiger partial charge is 0.248 e. The molecule has 8 heteroatoms. The van der Waals surface area contributed by atoms with E-state index in [1.165, 1.54) is 6.92 Å². The van der Waals surface area contributed by atoms with Crippen molar-refractivity contribution >= 4 is 38.9 Å². The normalized spacial score (nSPS) is 12.3. The van der Waals surface area contributed by atoms with Crippen LogP contribution in [0.25, 0.3) is 0 Å². The number of carbonyl (C=O) groups excluding carboxylic acids is 1. The van der Waals surface area contributed by atoms with Crippen molar-refractivity contribution in [3.63, 3.8) is 0 Å². The first-order valence-corrected chi connectivity index (χ1v) is 10.2. The van der Waals surface area contributed by atoms with Crippen LogP contribution in [0.3, 0.4) is 0 Å². The number of hydrogen-bond donors (Lipinski definition) is 1. The van der Waals surface area contributed by atoms with E-state index in [4.69, 9.17) is 16.3 Å². The highest BCUT2D eigenvalue weighted by Gasteiger charge is 2.29. The number of rotatable bonds is 7. The number of nitrogens with zero attached hydrogens (tertiary/aromatic N) is 1. The summed E-state index contributed by atoms with van der Waals surface area (Å²) in [6, 6.07) is 12.3. The van der Waals surface area contributed by atoms with Gasteiger partial charge >= 0.3 is 0 Å². The van der Waals surface area contributed by atoms with Gasteiger partial charge in [0, 0.05) is 5.02 Å². The highest BCUT2D eigenvalue weighted by Crippen LogP contribution is 2.26. The molecule has 26 heavy (non-hydrogen) atoms. The zero-order valence-electron chi connectivity index (χ0n) is 14.8. The second-order valence-electron chi connectivity index (χ2n) is 5.63. The summed E-state index contributed by atoms with van der Waals surface area (Å²) in [6.07, 6.45) is 1.06. The Kier molecular flexibility index (Phi) is 6.50. The minimum Gasteiger partial charge on any atom is -0.492 e. The molecule has 0 bridgehead atoms. The number of anilines is 2. The molecule has 1 N–H and O–H groups in total. The Balaban J connectivity index is 2.30. The molecule has 0 saturated carbocycles. The molecule has 0 aliphatic carbocycles. The van der Waals surface area contributed by atoms with E-state index in [0.29, 0.717) is 28.8 Å². The van der Waals surface area contributed by atoms with Crippen LogP contribution in [0, 0.1) is 0 Å². The number of hydrogen-bond acceptors (Lipinski definition) is 4. The number of para-hydroxylation sites is 2. The summed E-state index contributed by atoms with van der Waals surface area (Å²) in [4.78, 5) is 12.7. The predicted molar refractivity (Wildman–Crippen MR) is 104 cm³/mol. The molecule has 1 atom stereocenters. The zero-order chi connectivity index (χ0) is 19.3. The molecule has 0 spiro atoms. The average molecular weight is 397 g/mol. The first kappa shape index (κ1) is 20.1. The number of sulfonamides is 1. The maximum atomic E-state index is 12.7. The van der Waals surface area contributed by atoms with Crippen molar-refractivity contribution < 1.29 is 17.9 Å². The van der Waals surface area contributed by atoms with Crippen LogP contribution in [0.15, 0.2) is 48.5 Å². The molecule has 1 unspecified atom stereocenters. The summed E-state index contributed by atoms with van der Waals surface area (Å²) in [6.45, 7) is 3.81. The third-order valence-corrected chi connectivity index (χ3v) is 5.11. The first-order chi connectivity index (χ1) is 12.2. The Morgan fingerprint density at radius 3 is 2.38 bits per heavy atom. The molecule has 0 saturated heterocycles. The van der Waals surface area contributed by atoms with Gasteiger partial charge in [-0.25, -0.2) is 8.42 Å². The molecule has 1 amide bonds. The molecule has 0 aliphatic rings. The largest absolute Gasteiger partial charge is 0.492 e. The van der Waals surface area contributed by atoms with Gasteiger partial charge in [-0.3, -0.25) is 9.10 Å². The molecule has 6 nitrogen and oxygen atoms in total. The zero-order valence-corrected chi connectivity index (χ0v) is 16.3. The van der Waals surface area contributed by atoms with Gasteiger partial charge in [-0.1, -0.05) is 23.7 Å². The van der Waals surface area contributed by atoms with E-state index in [-0.39, 0.29) is 0 Å². The minimum absolute atomic E-state index is 0.359. The van der Waals surface area contributed by atoms with Gasteiger partial charge in [-0.15, -0.1) is 0 Å². The van der Waals surface area contributed by atoms with Crippen molar-refractivity contribution in [1.29, 1.82) is 0 Å². The van der Waals surface area contributed by atoms with Gasteiger partial charge in [-0.05, 0) is 50.2 Å². The van der Waals surface area contributed by atoms with Crippen molar-refractivity contribution in [2.45, 2.75) is 19.9 Å². The lowest BCUT2D eigenvalue weighted by atomic mass is 10.2. The number of ether oxygens (including phenoxy) is 1. The molecule has 0 aliphatic heterocycles. The van der Waals surface area contributed by atoms with Crippen LogP contribution < -0.4 is 14.4 Å². The highest BCUT2D eigenvalue weighted by atomic mass is 35.5. The molecule has 140 valence electrons. The van der Waals surface area contributed by atoms with Crippen LogP contribution in [0.4, 0.5) is 11.4 Å². The molecule has 2 aromatic carbocycles. The van der Waals surface area contributed by atoms with E-state index in [1.54, 1.807) is 48.5 Å². The van der Waals surface area contributed by atoms with E-state index in [9.17, 15) is 13.2 Å². The molecule has 0 radical (unpaired) electrons. The number of benzene rings is 2. The Morgan fingerprint density at radius 1 is 1.19 bits per heavy atom. The molecule has 0 aromatic heterocycles. The average Bonchev–Trinajstić information content (AvgIpc) is 2.57. The lowest BCUT2D eigenvalue weighted by molar-refractivity contribution is -0.116. The summed E-state index contributed by atoms with van der Waals surface area (Å²) in [5.41, 5.74) is 0.841. The van der Waals surface area contributed by atoms with Crippen molar-refractivity contribution in [1.82, 2.24) is 0 Å². The van der Waals surface area contributed by atoms with E-state index in [0.717, 1.165) is 10.6 Å². The maximum absolute atomic E-state index is 12.7. The van der Waals surface area contributed by atoms with Crippen LogP contribution in [0.1, 0.15) is 13.8 Å². The first-order valence-electron chi connectivity index (χ1n) is 8.01. The third-order valence-electron chi connectivity index (χ3n) is 3.61. The van der Waals surface area contributed by atoms with Gasteiger partial charge in [0.25, 0.3) is 0 Å². The number of amides is 1. The molecule has 2 rings (SSSR count). The Morgan fingerprint density at radius 2 is 1.81 bits per heavy atom. The van der Waals surface area contributed by atoms with Crippen LogP contribution in [0.5, 0.6) is 5.75 Å². The standard InChI is InChI=1S/C18H21ClN2O4S/c1-4-25-17-8-6-5-7-16(17)20-18(22)13(2)21(26(3,23)24)15-11-9-14(19)10-12-15/h5-13H,4H2,1-3H3,(H,20,22). The van der Waals surface area contributed by atoms with Gasteiger partial charge in [0.1, 0.15) is 11.8 Å². The van der Waals surface area contributed by atoms with E-state index >= 15 is 0 Å². The SMILES string of the molecule is CCOc1ccccc1NC(=O)C(C)N(c1ccc(Cl)cc1)S(C)(=O)=O. The van der Waals surface area contributed by atoms with E-state index < -0.39 is 22.0 Å². The number of nitrogens with one attached hydrogen (secondary N) is 1. The van der Waals surface area contributed by atoms with Crippen molar-refractivity contribution in [2.24, 2.45) is 0 Å². The second kappa shape index (κ2) is 8.42. The third kappa shape index (κ3) is 4.89. The van der Waals surface area contributed by atoms with E-state index in [1.807, 2.05) is 6.92 Å². The molecule has 0 heterocycles. The maximum Gasteiger partial charge on any atom is 0.248 e.